The predicted octanol–water partition coefficient (Wildman–Crippen LogP) is 2.41. The monoisotopic (exact) mass is 308 g/mol. The van der Waals surface area contributed by atoms with Crippen LogP contribution in [0.5, 0.6) is 11.5 Å². The van der Waals surface area contributed by atoms with Crippen molar-refractivity contribution in [3.8, 4) is 11.5 Å². The van der Waals surface area contributed by atoms with Crippen molar-refractivity contribution in [3.05, 3.63) is 23.3 Å². The lowest BCUT2D eigenvalue weighted by molar-refractivity contribution is 0.281. The second-order valence-electron chi connectivity index (χ2n) is 5.75. The molecule has 0 spiro atoms. The smallest absolute Gasteiger partial charge is 0.161 e. The minimum absolute atomic E-state index is 0.420. The third-order valence-corrected chi connectivity index (χ3v) is 4.62. The average molecular weight is 308 g/mol. The molecule has 4 nitrogen and oxygen atoms in total. The molecule has 2 rings (SSSR count). The molecule has 0 amide bonds. The summed E-state index contributed by atoms with van der Waals surface area (Å²) in [5.74, 6) is 1.91. The van der Waals surface area contributed by atoms with Crippen molar-refractivity contribution >= 4 is 17.2 Å². The van der Waals surface area contributed by atoms with E-state index in [4.69, 9.17) is 21.7 Å². The van der Waals surface area contributed by atoms with Crippen LogP contribution in [-0.4, -0.2) is 50.8 Å². The van der Waals surface area contributed by atoms with Crippen LogP contribution in [0, 0.1) is 0 Å². The van der Waals surface area contributed by atoms with E-state index < -0.39 is 0 Å². The summed E-state index contributed by atoms with van der Waals surface area (Å²) < 4.78 is 10.8. The molecule has 1 heterocycles. The molecule has 0 radical (unpaired) electrons. The molecule has 21 heavy (non-hydrogen) atoms. The molecule has 1 aliphatic rings. The third kappa shape index (κ3) is 3.30. The standard InChI is InChI=1S/C16H24N2O2S/c1-10(18(2)3)6-11-9-17-16(21)13-8-15(20-5)14(19-4)7-12(11)13/h7-8,10-11H,6,9H2,1-5H3,(H,17,21). The van der Waals surface area contributed by atoms with Crippen molar-refractivity contribution in [2.75, 3.05) is 34.9 Å². The molecule has 0 aromatic heterocycles. The van der Waals surface area contributed by atoms with Crippen LogP contribution in [-0.2, 0) is 0 Å². The molecule has 1 aliphatic heterocycles. The molecule has 0 saturated heterocycles. The van der Waals surface area contributed by atoms with Gasteiger partial charge in [0.1, 0.15) is 4.99 Å². The molecule has 2 unspecified atom stereocenters. The summed E-state index contributed by atoms with van der Waals surface area (Å²) in [6, 6.07) is 4.56. The van der Waals surface area contributed by atoms with Gasteiger partial charge in [-0.15, -0.1) is 0 Å². The first-order chi connectivity index (χ1) is 9.97. The van der Waals surface area contributed by atoms with Crippen molar-refractivity contribution < 1.29 is 9.47 Å². The number of hydrogen-bond acceptors (Lipinski definition) is 4. The van der Waals surface area contributed by atoms with Gasteiger partial charge in [0, 0.05) is 24.1 Å². The quantitative estimate of drug-likeness (QED) is 0.845. The fourth-order valence-electron chi connectivity index (χ4n) is 2.68. The summed E-state index contributed by atoms with van der Waals surface area (Å²) in [7, 11) is 7.54. The molecule has 0 fully saturated rings. The van der Waals surface area contributed by atoms with Crippen LogP contribution in [0.2, 0.25) is 0 Å². The number of nitrogens with zero attached hydrogens (tertiary/aromatic N) is 1. The van der Waals surface area contributed by atoms with Gasteiger partial charge in [-0.05, 0) is 45.1 Å². The van der Waals surface area contributed by atoms with Gasteiger partial charge in [-0.25, -0.2) is 0 Å². The van der Waals surface area contributed by atoms with Crippen molar-refractivity contribution in [2.24, 2.45) is 0 Å². The van der Waals surface area contributed by atoms with Gasteiger partial charge < -0.3 is 19.7 Å². The average Bonchev–Trinajstić information content (AvgIpc) is 2.48. The SMILES string of the molecule is COc1cc2c(cc1OC)C(CC(C)N(C)C)CNC2=S. The number of fused-ring (bicyclic) bond motifs is 1. The minimum Gasteiger partial charge on any atom is -0.493 e. The van der Waals surface area contributed by atoms with Crippen LogP contribution in [0.1, 0.15) is 30.4 Å². The van der Waals surface area contributed by atoms with Gasteiger partial charge in [0.05, 0.1) is 14.2 Å². The maximum atomic E-state index is 5.45. The molecule has 0 aliphatic carbocycles. The Bertz CT molecular complexity index is 531. The van der Waals surface area contributed by atoms with Crippen molar-refractivity contribution in [3.63, 3.8) is 0 Å². The normalized spacial score (nSPS) is 19.0. The predicted molar refractivity (Wildman–Crippen MR) is 89.8 cm³/mol. The zero-order valence-corrected chi connectivity index (χ0v) is 14.2. The van der Waals surface area contributed by atoms with E-state index in [9.17, 15) is 0 Å². The van der Waals surface area contributed by atoms with Gasteiger partial charge in [-0.3, -0.25) is 0 Å². The van der Waals surface area contributed by atoms with E-state index in [-0.39, 0.29) is 0 Å². The maximum Gasteiger partial charge on any atom is 0.161 e. The summed E-state index contributed by atoms with van der Waals surface area (Å²) in [6.07, 6.45) is 1.07. The fraction of sp³-hybridized carbons (Fsp3) is 0.562. The molecule has 1 aromatic carbocycles. The third-order valence-electron chi connectivity index (χ3n) is 4.26. The summed E-state index contributed by atoms with van der Waals surface area (Å²) >= 11 is 5.45. The Kier molecular flexibility index (Phi) is 5.06. The Morgan fingerprint density at radius 3 is 2.48 bits per heavy atom. The summed E-state index contributed by atoms with van der Waals surface area (Å²) in [6.45, 7) is 3.12. The number of benzene rings is 1. The Morgan fingerprint density at radius 1 is 1.29 bits per heavy atom. The number of thiocarbonyl (C=S) groups is 1. The number of rotatable bonds is 5. The van der Waals surface area contributed by atoms with E-state index in [1.807, 2.05) is 6.07 Å². The first-order valence-corrected chi connectivity index (χ1v) is 7.59. The van der Waals surface area contributed by atoms with Gasteiger partial charge in [-0.1, -0.05) is 12.2 Å². The number of methoxy groups -OCH3 is 2. The number of ether oxygens (including phenoxy) is 2. The van der Waals surface area contributed by atoms with E-state index in [2.05, 4.69) is 37.3 Å². The zero-order valence-electron chi connectivity index (χ0n) is 13.4. The lowest BCUT2D eigenvalue weighted by atomic mass is 9.86. The number of nitrogens with one attached hydrogen (secondary N) is 1. The largest absolute Gasteiger partial charge is 0.493 e. The topological polar surface area (TPSA) is 33.7 Å². The molecule has 2 atom stereocenters. The van der Waals surface area contributed by atoms with Gasteiger partial charge in [0.2, 0.25) is 0 Å². The summed E-state index contributed by atoms with van der Waals surface area (Å²) in [5.41, 5.74) is 2.31. The molecule has 1 N–H and O–H groups in total. The van der Waals surface area contributed by atoms with E-state index >= 15 is 0 Å². The Hall–Kier alpha value is -1.33. The first-order valence-electron chi connectivity index (χ1n) is 7.18. The van der Waals surface area contributed by atoms with Gasteiger partial charge >= 0.3 is 0 Å². The Balaban J connectivity index is 2.39. The summed E-state index contributed by atoms with van der Waals surface area (Å²) in [5, 5.41) is 3.34. The van der Waals surface area contributed by atoms with Gasteiger partial charge in [-0.2, -0.15) is 0 Å². The lowest BCUT2D eigenvalue weighted by Gasteiger charge is -2.32. The summed E-state index contributed by atoms with van der Waals surface area (Å²) in [4.78, 5) is 3.03. The fourth-order valence-corrected chi connectivity index (χ4v) is 2.94. The Morgan fingerprint density at radius 2 is 1.90 bits per heavy atom. The van der Waals surface area contributed by atoms with Crippen molar-refractivity contribution in [1.29, 1.82) is 0 Å². The van der Waals surface area contributed by atoms with Gasteiger partial charge in [0.25, 0.3) is 0 Å². The second-order valence-corrected chi connectivity index (χ2v) is 6.16. The Labute approximate surface area is 132 Å². The molecule has 116 valence electrons. The number of hydrogen-bond donors (Lipinski definition) is 1. The second kappa shape index (κ2) is 6.62. The molecule has 5 heteroatoms. The van der Waals surface area contributed by atoms with E-state index in [1.165, 1.54) is 5.56 Å². The van der Waals surface area contributed by atoms with E-state index in [1.54, 1.807) is 14.2 Å². The first kappa shape index (κ1) is 16.0. The highest BCUT2D eigenvalue weighted by molar-refractivity contribution is 7.80. The maximum absolute atomic E-state index is 5.45. The molecule has 0 saturated carbocycles. The highest BCUT2D eigenvalue weighted by Gasteiger charge is 2.27. The van der Waals surface area contributed by atoms with Crippen LogP contribution in [0.4, 0.5) is 0 Å². The molecule has 0 bridgehead atoms. The highest BCUT2D eigenvalue weighted by Crippen LogP contribution is 2.37. The highest BCUT2D eigenvalue weighted by atomic mass is 32.1. The molecular weight excluding hydrogens is 284 g/mol. The van der Waals surface area contributed by atoms with Crippen LogP contribution < -0.4 is 14.8 Å². The van der Waals surface area contributed by atoms with Crippen molar-refractivity contribution in [2.45, 2.75) is 25.3 Å². The van der Waals surface area contributed by atoms with E-state index in [0.717, 1.165) is 35.0 Å². The van der Waals surface area contributed by atoms with Gasteiger partial charge in [0.15, 0.2) is 11.5 Å². The lowest BCUT2D eigenvalue weighted by Crippen LogP contribution is -2.37. The van der Waals surface area contributed by atoms with Crippen LogP contribution >= 0.6 is 12.2 Å². The van der Waals surface area contributed by atoms with Crippen LogP contribution in [0.15, 0.2) is 12.1 Å². The van der Waals surface area contributed by atoms with Crippen LogP contribution in [0.3, 0.4) is 0 Å². The van der Waals surface area contributed by atoms with Crippen molar-refractivity contribution in [1.82, 2.24) is 10.2 Å². The molecule has 1 aromatic rings. The van der Waals surface area contributed by atoms with E-state index in [0.29, 0.717) is 12.0 Å². The minimum atomic E-state index is 0.420. The molecular formula is C16H24N2O2S. The zero-order chi connectivity index (χ0) is 15.6. The van der Waals surface area contributed by atoms with Crippen LogP contribution in [0.25, 0.3) is 0 Å².